The van der Waals surface area contributed by atoms with Crippen molar-refractivity contribution < 1.29 is 4.79 Å². The van der Waals surface area contributed by atoms with Crippen molar-refractivity contribution in [2.24, 2.45) is 0 Å². The number of hydrogen-bond acceptors (Lipinski definition) is 4. The molecule has 0 aliphatic rings. The first-order valence-electron chi connectivity index (χ1n) is 6.33. The van der Waals surface area contributed by atoms with Crippen molar-refractivity contribution >= 4 is 40.7 Å². The van der Waals surface area contributed by atoms with Gasteiger partial charge >= 0.3 is 0 Å². The number of amides is 1. The Kier molecular flexibility index (Phi) is 8.57. The van der Waals surface area contributed by atoms with Gasteiger partial charge in [-0.15, -0.1) is 0 Å². The third-order valence-electron chi connectivity index (χ3n) is 2.35. The molecule has 0 fully saturated rings. The summed E-state index contributed by atoms with van der Waals surface area (Å²) in [6.45, 7) is 0.983. The standard InChI is InChI=1S/C13H20N4OS2/c1-20-9-5-8-14-13(19)17-16-12(18)10-15-11-6-3-2-4-7-11/h2-4,6-7,15H,5,8-10H2,1H3,(H,16,18)(H2,14,17,19). The van der Waals surface area contributed by atoms with Gasteiger partial charge in [0.25, 0.3) is 5.91 Å². The van der Waals surface area contributed by atoms with Crippen molar-refractivity contribution in [3.8, 4) is 0 Å². The molecule has 0 aromatic heterocycles. The van der Waals surface area contributed by atoms with Gasteiger partial charge in [0, 0.05) is 12.2 Å². The van der Waals surface area contributed by atoms with Gasteiger partial charge in [-0.25, -0.2) is 0 Å². The van der Waals surface area contributed by atoms with E-state index in [9.17, 15) is 4.79 Å². The summed E-state index contributed by atoms with van der Waals surface area (Å²) in [4.78, 5) is 11.6. The molecule has 0 saturated heterocycles. The molecular weight excluding hydrogens is 292 g/mol. The maximum atomic E-state index is 11.6. The average molecular weight is 312 g/mol. The highest BCUT2D eigenvalue weighted by molar-refractivity contribution is 7.98. The van der Waals surface area contributed by atoms with Crippen molar-refractivity contribution in [3.05, 3.63) is 30.3 Å². The number of anilines is 1. The van der Waals surface area contributed by atoms with Gasteiger partial charge in [0.2, 0.25) is 0 Å². The molecule has 0 heterocycles. The Morgan fingerprint density at radius 1 is 1.25 bits per heavy atom. The zero-order chi connectivity index (χ0) is 14.6. The summed E-state index contributed by atoms with van der Waals surface area (Å²) in [6, 6.07) is 9.55. The van der Waals surface area contributed by atoms with Gasteiger partial charge in [0.1, 0.15) is 0 Å². The number of thioether (sulfide) groups is 1. The van der Waals surface area contributed by atoms with E-state index in [1.807, 2.05) is 30.3 Å². The Bertz CT molecular complexity index is 414. The number of hydrogen-bond donors (Lipinski definition) is 4. The van der Waals surface area contributed by atoms with Crippen LogP contribution in [0.2, 0.25) is 0 Å². The summed E-state index contributed by atoms with van der Waals surface area (Å²) in [5.41, 5.74) is 6.11. The summed E-state index contributed by atoms with van der Waals surface area (Å²) in [6.07, 6.45) is 3.10. The molecule has 4 N–H and O–H groups in total. The molecule has 1 aromatic rings. The normalized spacial score (nSPS) is 9.65. The minimum Gasteiger partial charge on any atom is -0.376 e. The van der Waals surface area contributed by atoms with E-state index >= 15 is 0 Å². The van der Waals surface area contributed by atoms with E-state index in [1.54, 1.807) is 11.8 Å². The number of nitrogens with one attached hydrogen (secondary N) is 4. The third-order valence-corrected chi connectivity index (χ3v) is 3.30. The van der Waals surface area contributed by atoms with Gasteiger partial charge in [-0.1, -0.05) is 18.2 Å². The van der Waals surface area contributed by atoms with Crippen LogP contribution in [-0.2, 0) is 4.79 Å². The molecule has 1 aromatic carbocycles. The third kappa shape index (κ3) is 7.85. The summed E-state index contributed by atoms with van der Waals surface area (Å²) in [5, 5.41) is 6.46. The number of hydrazine groups is 1. The molecule has 1 amide bonds. The zero-order valence-electron chi connectivity index (χ0n) is 11.4. The minimum absolute atomic E-state index is 0.179. The molecule has 1 rings (SSSR count). The quantitative estimate of drug-likeness (QED) is 0.346. The maximum absolute atomic E-state index is 11.6. The number of para-hydroxylation sites is 1. The summed E-state index contributed by atoms with van der Waals surface area (Å²) < 4.78 is 0. The molecule has 0 aliphatic carbocycles. The predicted molar refractivity (Wildman–Crippen MR) is 89.8 cm³/mol. The van der Waals surface area contributed by atoms with Crippen LogP contribution in [0.25, 0.3) is 0 Å². The summed E-state index contributed by atoms with van der Waals surface area (Å²) in [5.74, 6) is 0.908. The molecule has 0 unspecified atom stereocenters. The second-order valence-corrected chi connectivity index (χ2v) is 5.39. The first-order valence-corrected chi connectivity index (χ1v) is 8.13. The maximum Gasteiger partial charge on any atom is 0.257 e. The number of thiocarbonyl (C=S) groups is 1. The second-order valence-electron chi connectivity index (χ2n) is 4.00. The van der Waals surface area contributed by atoms with Crippen LogP contribution in [0.1, 0.15) is 6.42 Å². The molecule has 0 radical (unpaired) electrons. The SMILES string of the molecule is CSCCCNC(=S)NNC(=O)CNc1ccccc1. The van der Waals surface area contributed by atoms with Crippen LogP contribution in [0.4, 0.5) is 5.69 Å². The van der Waals surface area contributed by atoms with Gasteiger partial charge in [-0.05, 0) is 42.8 Å². The minimum atomic E-state index is -0.179. The van der Waals surface area contributed by atoms with Crippen molar-refractivity contribution in [2.75, 3.05) is 30.4 Å². The van der Waals surface area contributed by atoms with E-state index in [1.165, 1.54) is 0 Å². The zero-order valence-corrected chi connectivity index (χ0v) is 13.1. The molecular formula is C13H20N4OS2. The molecule has 0 saturated carbocycles. The van der Waals surface area contributed by atoms with Gasteiger partial charge in [0.15, 0.2) is 5.11 Å². The topological polar surface area (TPSA) is 65.2 Å². The molecule has 0 aliphatic heterocycles. The van der Waals surface area contributed by atoms with E-state index in [0.29, 0.717) is 5.11 Å². The first kappa shape index (κ1) is 16.6. The van der Waals surface area contributed by atoms with Gasteiger partial charge in [-0.3, -0.25) is 15.6 Å². The first-order chi connectivity index (χ1) is 9.72. The molecule has 7 heteroatoms. The Labute approximate surface area is 129 Å². The average Bonchev–Trinajstić information content (AvgIpc) is 2.48. The summed E-state index contributed by atoms with van der Waals surface area (Å²) in [7, 11) is 0. The van der Waals surface area contributed by atoms with E-state index in [4.69, 9.17) is 12.2 Å². The Hall–Kier alpha value is -1.47. The monoisotopic (exact) mass is 312 g/mol. The summed E-state index contributed by atoms with van der Waals surface area (Å²) >= 11 is 6.83. The van der Waals surface area contributed by atoms with Gasteiger partial charge in [0.05, 0.1) is 6.54 Å². The van der Waals surface area contributed by atoms with Crippen molar-refractivity contribution in [1.29, 1.82) is 0 Å². The highest BCUT2D eigenvalue weighted by atomic mass is 32.2. The largest absolute Gasteiger partial charge is 0.376 e. The highest BCUT2D eigenvalue weighted by Gasteiger charge is 2.01. The van der Waals surface area contributed by atoms with Crippen LogP contribution in [0.3, 0.4) is 0 Å². The fourth-order valence-corrected chi connectivity index (χ4v) is 1.96. The van der Waals surface area contributed by atoms with E-state index in [0.717, 1.165) is 24.4 Å². The van der Waals surface area contributed by atoms with E-state index in [2.05, 4.69) is 27.7 Å². The second kappa shape index (κ2) is 10.3. The van der Waals surface area contributed by atoms with Crippen LogP contribution in [0.5, 0.6) is 0 Å². The molecule has 20 heavy (non-hydrogen) atoms. The molecule has 0 spiro atoms. The lowest BCUT2D eigenvalue weighted by Crippen LogP contribution is -2.48. The lowest BCUT2D eigenvalue weighted by Gasteiger charge is -2.12. The van der Waals surface area contributed by atoms with Crippen LogP contribution in [0, 0.1) is 0 Å². The number of carbonyl (C=O) groups is 1. The fraction of sp³-hybridized carbons (Fsp3) is 0.385. The van der Waals surface area contributed by atoms with E-state index in [-0.39, 0.29) is 12.5 Å². The van der Waals surface area contributed by atoms with E-state index < -0.39 is 0 Å². The number of rotatable bonds is 7. The molecule has 110 valence electrons. The van der Waals surface area contributed by atoms with Crippen LogP contribution in [-0.4, -0.2) is 36.1 Å². The smallest absolute Gasteiger partial charge is 0.257 e. The number of carbonyl (C=O) groups excluding carboxylic acids is 1. The Morgan fingerprint density at radius 3 is 2.70 bits per heavy atom. The van der Waals surface area contributed by atoms with Gasteiger partial charge in [-0.2, -0.15) is 11.8 Å². The molecule has 0 atom stereocenters. The lowest BCUT2D eigenvalue weighted by molar-refractivity contribution is -0.119. The van der Waals surface area contributed by atoms with Crippen molar-refractivity contribution in [3.63, 3.8) is 0 Å². The molecule has 0 bridgehead atoms. The van der Waals surface area contributed by atoms with Crippen molar-refractivity contribution in [2.45, 2.75) is 6.42 Å². The predicted octanol–water partition coefficient (Wildman–Crippen LogP) is 1.35. The van der Waals surface area contributed by atoms with Crippen LogP contribution < -0.4 is 21.5 Å². The Balaban J connectivity index is 2.09. The number of benzene rings is 1. The lowest BCUT2D eigenvalue weighted by atomic mass is 10.3. The van der Waals surface area contributed by atoms with Gasteiger partial charge < -0.3 is 10.6 Å². The fourth-order valence-electron chi connectivity index (χ4n) is 1.37. The van der Waals surface area contributed by atoms with Crippen LogP contribution in [0.15, 0.2) is 30.3 Å². The Morgan fingerprint density at radius 2 is 2.00 bits per heavy atom. The molecule has 5 nitrogen and oxygen atoms in total. The van der Waals surface area contributed by atoms with Crippen LogP contribution >= 0.6 is 24.0 Å². The van der Waals surface area contributed by atoms with Crippen molar-refractivity contribution in [1.82, 2.24) is 16.2 Å². The highest BCUT2D eigenvalue weighted by Crippen LogP contribution is 2.03.